The smallest absolute Gasteiger partial charge is 0.248 e. The summed E-state index contributed by atoms with van der Waals surface area (Å²) in [6.45, 7) is 0. The summed E-state index contributed by atoms with van der Waals surface area (Å²) < 4.78 is 41.2. The first-order valence-electron chi connectivity index (χ1n) is 9.38. The molecule has 1 unspecified atom stereocenters. The predicted molar refractivity (Wildman–Crippen MR) is 107 cm³/mol. The monoisotopic (exact) mass is 420 g/mol. The molecule has 1 amide bonds. The van der Waals surface area contributed by atoms with Crippen LogP contribution < -0.4 is 16.9 Å². The zero-order valence-corrected chi connectivity index (χ0v) is 16.4. The zero-order chi connectivity index (χ0) is 21.9. The number of nitrogens with two attached hydrogens (primary N) is 2. The molecule has 30 heavy (non-hydrogen) atoms. The van der Waals surface area contributed by atoms with Gasteiger partial charge in [0.2, 0.25) is 11.8 Å². The van der Waals surface area contributed by atoms with Crippen LogP contribution in [0.1, 0.15) is 36.3 Å². The molecule has 1 aliphatic carbocycles. The quantitative estimate of drug-likeness (QED) is 0.288. The van der Waals surface area contributed by atoms with Gasteiger partial charge in [-0.25, -0.2) is 29.1 Å². The molecule has 1 saturated carbocycles. The molecular weight excluding hydrogens is 397 g/mol. The molecule has 0 radical (unpaired) electrons. The molecule has 3 rings (SSSR count). The molecule has 7 nitrogen and oxygen atoms in total. The maximum Gasteiger partial charge on any atom is 0.248 e. The van der Waals surface area contributed by atoms with Crippen LogP contribution in [0.25, 0.3) is 0 Å². The normalized spacial score (nSPS) is 19.4. The van der Waals surface area contributed by atoms with E-state index in [4.69, 9.17) is 11.6 Å². The number of amides is 1. The number of halogens is 3. The topological polar surface area (TPSA) is 110 Å². The molecule has 0 spiro atoms. The molecule has 2 aromatic rings. The summed E-state index contributed by atoms with van der Waals surface area (Å²) in [6, 6.07) is 8.80. The Bertz CT molecular complexity index is 932. The second kappa shape index (κ2) is 8.70. The van der Waals surface area contributed by atoms with Crippen molar-refractivity contribution in [2.75, 3.05) is 12.4 Å². The van der Waals surface area contributed by atoms with E-state index >= 15 is 0 Å². The van der Waals surface area contributed by atoms with Gasteiger partial charge in [-0.2, -0.15) is 0 Å². The van der Waals surface area contributed by atoms with Crippen molar-refractivity contribution in [2.24, 2.45) is 22.6 Å². The standard InChI is InChI=1S/C20H23F3N6O/c1-29(25)28-18(24)13-4-2-12(3-5-13)17(14-6-8-20(22,23)11-14)19(30)27-16-10-15(21)7-9-26-16/h2-5,7,9-10,14,17H,6,8,11,25H2,1H3,(H2,24,28)(H,26,27,30)/t14?,17-/m1/s1. The third-order valence-electron chi connectivity index (χ3n) is 5.00. The molecule has 1 aromatic heterocycles. The number of anilines is 1. The van der Waals surface area contributed by atoms with E-state index in [2.05, 4.69) is 15.4 Å². The summed E-state index contributed by atoms with van der Waals surface area (Å²) in [7, 11) is 1.52. The number of carbonyl (C=O) groups is 1. The van der Waals surface area contributed by atoms with Gasteiger partial charge in [-0.05, 0) is 24.0 Å². The Labute approximate surface area is 171 Å². The van der Waals surface area contributed by atoms with E-state index in [0.717, 1.165) is 17.3 Å². The molecule has 2 atom stereocenters. The van der Waals surface area contributed by atoms with Crippen LogP contribution in [0.15, 0.2) is 47.7 Å². The van der Waals surface area contributed by atoms with Gasteiger partial charge < -0.3 is 11.1 Å². The predicted octanol–water partition coefficient (Wildman–Crippen LogP) is 2.80. The SMILES string of the molecule is CN(N)/N=C(\N)c1ccc([C@@H](C(=O)Nc2cc(F)ccn2)C2CCC(F)(F)C2)cc1. The molecule has 0 bridgehead atoms. The molecule has 1 heterocycles. The summed E-state index contributed by atoms with van der Waals surface area (Å²) in [5, 5.41) is 7.51. The number of carbonyl (C=O) groups excluding carboxylic acids is 1. The first-order chi connectivity index (χ1) is 14.1. The second-order valence-corrected chi connectivity index (χ2v) is 7.37. The van der Waals surface area contributed by atoms with E-state index in [0.29, 0.717) is 11.1 Å². The molecule has 160 valence electrons. The Hall–Kier alpha value is -3.14. The highest BCUT2D eigenvalue weighted by atomic mass is 19.3. The van der Waals surface area contributed by atoms with Gasteiger partial charge in [-0.1, -0.05) is 24.3 Å². The number of pyridine rings is 1. The minimum absolute atomic E-state index is 0.0220. The Balaban J connectivity index is 1.89. The van der Waals surface area contributed by atoms with Crippen LogP contribution in [-0.2, 0) is 4.79 Å². The van der Waals surface area contributed by atoms with E-state index < -0.39 is 35.9 Å². The number of nitrogens with zero attached hydrogens (tertiary/aromatic N) is 3. The fraction of sp³-hybridized carbons (Fsp3) is 0.350. The maximum atomic E-state index is 13.9. The number of amidine groups is 1. The number of alkyl halides is 2. The zero-order valence-electron chi connectivity index (χ0n) is 16.4. The van der Waals surface area contributed by atoms with E-state index in [-0.39, 0.29) is 24.5 Å². The average molecular weight is 420 g/mol. The summed E-state index contributed by atoms with van der Waals surface area (Å²) in [4.78, 5) is 16.9. The molecule has 5 N–H and O–H groups in total. The van der Waals surface area contributed by atoms with E-state index in [9.17, 15) is 18.0 Å². The van der Waals surface area contributed by atoms with Gasteiger partial charge in [-0.3, -0.25) is 4.79 Å². The van der Waals surface area contributed by atoms with Crippen molar-refractivity contribution in [3.63, 3.8) is 0 Å². The molecule has 10 heteroatoms. The van der Waals surface area contributed by atoms with E-state index in [1.54, 1.807) is 24.3 Å². The number of hydrogen-bond donors (Lipinski definition) is 3. The van der Waals surface area contributed by atoms with Crippen molar-refractivity contribution in [1.29, 1.82) is 0 Å². The van der Waals surface area contributed by atoms with Crippen LogP contribution in [0.4, 0.5) is 19.0 Å². The number of nitrogens with one attached hydrogen (secondary N) is 1. The van der Waals surface area contributed by atoms with Crippen molar-refractivity contribution in [3.05, 3.63) is 59.5 Å². The van der Waals surface area contributed by atoms with Gasteiger partial charge in [-0.15, -0.1) is 5.10 Å². The Morgan fingerprint density at radius 3 is 2.60 bits per heavy atom. The lowest BCUT2D eigenvalue weighted by atomic mass is 9.83. The number of hydrogen-bond acceptors (Lipinski definition) is 5. The summed E-state index contributed by atoms with van der Waals surface area (Å²) in [6.07, 6.45) is 0.741. The van der Waals surface area contributed by atoms with Gasteiger partial charge in [0.25, 0.3) is 0 Å². The molecule has 0 aliphatic heterocycles. The van der Waals surface area contributed by atoms with Gasteiger partial charge in [0.1, 0.15) is 11.6 Å². The van der Waals surface area contributed by atoms with Crippen LogP contribution in [0, 0.1) is 11.7 Å². The lowest BCUT2D eigenvalue weighted by Gasteiger charge is -2.23. The van der Waals surface area contributed by atoms with Crippen molar-refractivity contribution in [3.8, 4) is 0 Å². The minimum atomic E-state index is -2.82. The van der Waals surface area contributed by atoms with Gasteiger partial charge >= 0.3 is 0 Å². The first kappa shape index (κ1) is 21.6. The molecule has 1 aromatic carbocycles. The largest absolute Gasteiger partial charge is 0.382 e. The van der Waals surface area contributed by atoms with Crippen LogP contribution in [0.5, 0.6) is 0 Å². The lowest BCUT2D eigenvalue weighted by molar-refractivity contribution is -0.118. The number of rotatable bonds is 6. The van der Waals surface area contributed by atoms with Crippen molar-refractivity contribution in [2.45, 2.75) is 31.1 Å². The lowest BCUT2D eigenvalue weighted by Crippen LogP contribution is -2.28. The highest BCUT2D eigenvalue weighted by molar-refractivity contribution is 5.98. The first-order valence-corrected chi connectivity index (χ1v) is 9.38. The Kier molecular flexibility index (Phi) is 6.25. The number of hydrazine groups is 1. The highest BCUT2D eigenvalue weighted by Crippen LogP contribution is 2.45. The fourth-order valence-electron chi connectivity index (χ4n) is 3.67. The number of hydrazone groups is 1. The van der Waals surface area contributed by atoms with Gasteiger partial charge in [0.15, 0.2) is 5.84 Å². The maximum absolute atomic E-state index is 13.9. The summed E-state index contributed by atoms with van der Waals surface area (Å²) >= 11 is 0. The van der Waals surface area contributed by atoms with Crippen LogP contribution in [-0.4, -0.2) is 34.8 Å². The number of benzene rings is 1. The summed E-state index contributed by atoms with van der Waals surface area (Å²) in [5.41, 5.74) is 6.98. The highest BCUT2D eigenvalue weighted by Gasteiger charge is 2.45. The van der Waals surface area contributed by atoms with E-state index in [1.807, 2.05) is 0 Å². The molecular formula is C20H23F3N6O. The molecule has 1 aliphatic rings. The fourth-order valence-corrected chi connectivity index (χ4v) is 3.67. The van der Waals surface area contributed by atoms with Crippen molar-refractivity contribution >= 4 is 17.6 Å². The Morgan fingerprint density at radius 2 is 2.03 bits per heavy atom. The average Bonchev–Trinajstić information content (AvgIpc) is 3.01. The molecule has 0 saturated heterocycles. The summed E-state index contributed by atoms with van der Waals surface area (Å²) in [5.74, 6) is 0.320. The second-order valence-electron chi connectivity index (χ2n) is 7.37. The van der Waals surface area contributed by atoms with Crippen LogP contribution in [0.2, 0.25) is 0 Å². The third kappa shape index (κ3) is 5.26. The molecule has 1 fully saturated rings. The van der Waals surface area contributed by atoms with Crippen LogP contribution >= 0.6 is 0 Å². The third-order valence-corrected chi connectivity index (χ3v) is 5.00. The van der Waals surface area contributed by atoms with Crippen LogP contribution in [0.3, 0.4) is 0 Å². The van der Waals surface area contributed by atoms with Crippen molar-refractivity contribution < 1.29 is 18.0 Å². The van der Waals surface area contributed by atoms with E-state index in [1.165, 1.54) is 13.2 Å². The minimum Gasteiger partial charge on any atom is -0.382 e. The van der Waals surface area contributed by atoms with Crippen molar-refractivity contribution in [1.82, 2.24) is 10.1 Å². The number of aromatic nitrogens is 1. The van der Waals surface area contributed by atoms with Gasteiger partial charge in [0, 0.05) is 37.7 Å². The Morgan fingerprint density at radius 1 is 1.33 bits per heavy atom. The van der Waals surface area contributed by atoms with Gasteiger partial charge in [0.05, 0.1) is 5.92 Å².